The highest BCUT2D eigenvalue weighted by Crippen LogP contribution is 2.36. The van der Waals surface area contributed by atoms with Crippen LogP contribution in [0.4, 0.5) is 11.8 Å². The average molecular weight is 302 g/mol. The number of aliphatic hydroxyl groups excluding tert-OH is 1. The molecule has 118 valence electrons. The van der Waals surface area contributed by atoms with Crippen molar-refractivity contribution in [3.05, 3.63) is 35.0 Å². The second-order valence-corrected chi connectivity index (χ2v) is 5.66. The number of nitrogens with two attached hydrogens (primary N) is 2. The van der Waals surface area contributed by atoms with Crippen molar-refractivity contribution in [2.75, 3.05) is 11.5 Å². The Morgan fingerprint density at radius 3 is 2.32 bits per heavy atom. The molecule has 1 aromatic heterocycles. The summed E-state index contributed by atoms with van der Waals surface area (Å²) in [6, 6.07) is 3.86. The molecule has 0 radical (unpaired) electrons. The minimum Gasteiger partial charge on any atom is -0.452 e. The van der Waals surface area contributed by atoms with Gasteiger partial charge in [-0.2, -0.15) is 4.98 Å². The molecule has 0 amide bonds. The maximum absolute atomic E-state index is 9.89. The van der Waals surface area contributed by atoms with Crippen LogP contribution in [0.25, 0.3) is 0 Å². The van der Waals surface area contributed by atoms with Crippen molar-refractivity contribution in [3.63, 3.8) is 0 Å². The topological polar surface area (TPSA) is 107 Å². The van der Waals surface area contributed by atoms with Gasteiger partial charge in [0.05, 0.1) is 12.3 Å². The lowest BCUT2D eigenvalue weighted by atomic mass is 9.95. The third-order valence-electron chi connectivity index (χ3n) is 3.49. The van der Waals surface area contributed by atoms with E-state index < -0.39 is 6.10 Å². The normalized spacial score (nSPS) is 12.5. The van der Waals surface area contributed by atoms with Gasteiger partial charge >= 0.3 is 0 Å². The lowest BCUT2D eigenvalue weighted by molar-refractivity contribution is 0.198. The first-order valence-corrected chi connectivity index (χ1v) is 7.18. The summed E-state index contributed by atoms with van der Waals surface area (Å²) >= 11 is 0. The number of anilines is 2. The zero-order valence-electron chi connectivity index (χ0n) is 13.3. The van der Waals surface area contributed by atoms with Gasteiger partial charge in [-0.25, -0.2) is 4.98 Å². The van der Waals surface area contributed by atoms with Crippen LogP contribution in [0.1, 0.15) is 49.5 Å². The first kappa shape index (κ1) is 16.0. The first-order valence-electron chi connectivity index (χ1n) is 7.18. The monoisotopic (exact) mass is 302 g/mol. The predicted molar refractivity (Wildman–Crippen MR) is 86.8 cm³/mol. The van der Waals surface area contributed by atoms with E-state index in [4.69, 9.17) is 16.2 Å². The molecule has 1 atom stereocenters. The predicted octanol–water partition coefficient (Wildman–Crippen LogP) is 2.92. The summed E-state index contributed by atoms with van der Waals surface area (Å²) in [5.41, 5.74) is 14.2. The molecular weight excluding hydrogens is 280 g/mol. The molecule has 0 fully saturated rings. The fourth-order valence-corrected chi connectivity index (χ4v) is 2.31. The molecule has 1 aromatic carbocycles. The molecule has 0 saturated heterocycles. The van der Waals surface area contributed by atoms with Crippen molar-refractivity contribution in [1.82, 2.24) is 9.97 Å². The maximum Gasteiger partial charge on any atom is 0.222 e. The molecule has 0 saturated carbocycles. The standard InChI is InChI=1S/C16H22N4O2/c1-8(2)11-5-9(3)12(10(4)21)6-13(11)22-14-7-19-16(18)20-15(14)17/h5-8,10,21H,1-4H3,(H4,17,18,19,20). The van der Waals surface area contributed by atoms with Crippen LogP contribution in [0.5, 0.6) is 11.5 Å². The molecule has 0 aliphatic rings. The quantitative estimate of drug-likeness (QED) is 0.801. The summed E-state index contributed by atoms with van der Waals surface area (Å²) in [6.45, 7) is 7.85. The van der Waals surface area contributed by atoms with Gasteiger partial charge in [-0.1, -0.05) is 19.9 Å². The molecule has 1 unspecified atom stereocenters. The number of aryl methyl sites for hydroxylation is 1. The highest BCUT2D eigenvalue weighted by atomic mass is 16.5. The Bertz CT molecular complexity index is 684. The number of hydrogen-bond acceptors (Lipinski definition) is 6. The Balaban J connectivity index is 2.50. The molecule has 2 rings (SSSR count). The van der Waals surface area contributed by atoms with Crippen molar-refractivity contribution in [1.29, 1.82) is 0 Å². The van der Waals surface area contributed by atoms with Crippen LogP contribution < -0.4 is 16.2 Å². The van der Waals surface area contributed by atoms with Gasteiger partial charge in [0.2, 0.25) is 5.95 Å². The Hall–Kier alpha value is -2.34. The largest absolute Gasteiger partial charge is 0.452 e. The van der Waals surface area contributed by atoms with Gasteiger partial charge in [0.25, 0.3) is 0 Å². The van der Waals surface area contributed by atoms with E-state index in [1.165, 1.54) is 6.20 Å². The molecular formula is C16H22N4O2. The fraction of sp³-hybridized carbons (Fsp3) is 0.375. The number of hydrogen-bond donors (Lipinski definition) is 3. The summed E-state index contributed by atoms with van der Waals surface area (Å²) < 4.78 is 5.89. The van der Waals surface area contributed by atoms with E-state index in [-0.39, 0.29) is 17.7 Å². The Kier molecular flexibility index (Phi) is 4.51. The van der Waals surface area contributed by atoms with Crippen LogP contribution in [0.3, 0.4) is 0 Å². The number of aromatic nitrogens is 2. The van der Waals surface area contributed by atoms with Crippen molar-refractivity contribution in [2.45, 2.75) is 39.7 Å². The fourth-order valence-electron chi connectivity index (χ4n) is 2.31. The SMILES string of the molecule is Cc1cc(C(C)C)c(Oc2cnc(N)nc2N)cc1C(C)O. The summed E-state index contributed by atoms with van der Waals surface area (Å²) in [6.07, 6.45) is 0.868. The van der Waals surface area contributed by atoms with Crippen LogP contribution in [0, 0.1) is 6.92 Å². The zero-order valence-corrected chi connectivity index (χ0v) is 13.3. The summed E-state index contributed by atoms with van der Waals surface area (Å²) in [5.74, 6) is 1.52. The molecule has 0 spiro atoms. The second kappa shape index (κ2) is 6.19. The lowest BCUT2D eigenvalue weighted by Crippen LogP contribution is -2.04. The van der Waals surface area contributed by atoms with Crippen LogP contribution in [-0.2, 0) is 0 Å². The van der Waals surface area contributed by atoms with Crippen molar-refractivity contribution in [2.24, 2.45) is 0 Å². The van der Waals surface area contributed by atoms with Gasteiger partial charge in [0.15, 0.2) is 11.6 Å². The number of benzene rings is 1. The van der Waals surface area contributed by atoms with Crippen LogP contribution in [-0.4, -0.2) is 15.1 Å². The number of aliphatic hydroxyl groups is 1. The third-order valence-corrected chi connectivity index (χ3v) is 3.49. The molecule has 0 aliphatic carbocycles. The second-order valence-electron chi connectivity index (χ2n) is 5.66. The number of ether oxygens (including phenoxy) is 1. The highest BCUT2D eigenvalue weighted by molar-refractivity contribution is 5.52. The molecule has 0 aliphatic heterocycles. The van der Waals surface area contributed by atoms with E-state index >= 15 is 0 Å². The van der Waals surface area contributed by atoms with E-state index in [0.29, 0.717) is 11.5 Å². The average Bonchev–Trinajstić information content (AvgIpc) is 2.42. The van der Waals surface area contributed by atoms with Crippen LogP contribution in [0.2, 0.25) is 0 Å². The minimum absolute atomic E-state index is 0.0995. The molecule has 0 bridgehead atoms. The summed E-state index contributed by atoms with van der Waals surface area (Å²) in [5, 5.41) is 9.89. The Morgan fingerprint density at radius 1 is 1.09 bits per heavy atom. The Labute approximate surface area is 130 Å². The van der Waals surface area contributed by atoms with Crippen molar-refractivity contribution >= 4 is 11.8 Å². The van der Waals surface area contributed by atoms with E-state index in [9.17, 15) is 5.11 Å². The zero-order chi connectivity index (χ0) is 16.4. The molecule has 5 N–H and O–H groups in total. The number of nitrogen functional groups attached to an aromatic ring is 2. The van der Waals surface area contributed by atoms with Gasteiger partial charge in [-0.3, -0.25) is 0 Å². The molecule has 6 heteroatoms. The van der Waals surface area contributed by atoms with Crippen molar-refractivity contribution in [3.8, 4) is 11.5 Å². The molecule has 2 aromatic rings. The number of nitrogens with zero attached hydrogens (tertiary/aromatic N) is 2. The van der Waals surface area contributed by atoms with Gasteiger partial charge in [-0.05, 0) is 42.5 Å². The highest BCUT2D eigenvalue weighted by Gasteiger charge is 2.16. The minimum atomic E-state index is -0.580. The first-order chi connectivity index (χ1) is 10.3. The summed E-state index contributed by atoms with van der Waals surface area (Å²) in [7, 11) is 0. The Morgan fingerprint density at radius 2 is 1.77 bits per heavy atom. The van der Waals surface area contributed by atoms with Gasteiger partial charge in [0.1, 0.15) is 5.75 Å². The van der Waals surface area contributed by atoms with E-state index in [1.807, 2.05) is 19.1 Å². The van der Waals surface area contributed by atoms with Gasteiger partial charge in [0, 0.05) is 0 Å². The molecule has 6 nitrogen and oxygen atoms in total. The van der Waals surface area contributed by atoms with Crippen LogP contribution in [0.15, 0.2) is 18.3 Å². The summed E-state index contributed by atoms with van der Waals surface area (Å²) in [4.78, 5) is 7.79. The van der Waals surface area contributed by atoms with Crippen molar-refractivity contribution < 1.29 is 9.84 Å². The number of rotatable bonds is 4. The lowest BCUT2D eigenvalue weighted by Gasteiger charge is -2.19. The van der Waals surface area contributed by atoms with E-state index in [0.717, 1.165) is 16.7 Å². The molecule has 22 heavy (non-hydrogen) atoms. The smallest absolute Gasteiger partial charge is 0.222 e. The maximum atomic E-state index is 9.89. The van der Waals surface area contributed by atoms with Gasteiger partial charge in [-0.15, -0.1) is 0 Å². The van der Waals surface area contributed by atoms with E-state index in [1.54, 1.807) is 6.92 Å². The van der Waals surface area contributed by atoms with Crippen LogP contribution >= 0.6 is 0 Å². The third kappa shape index (κ3) is 3.28. The van der Waals surface area contributed by atoms with Gasteiger partial charge < -0.3 is 21.3 Å². The molecule has 1 heterocycles. The van der Waals surface area contributed by atoms with E-state index in [2.05, 4.69) is 23.8 Å².